The Bertz CT molecular complexity index is 250. The van der Waals surface area contributed by atoms with Crippen LogP contribution in [0.25, 0.3) is 0 Å². The molecule has 1 amide bonds. The van der Waals surface area contributed by atoms with Crippen molar-refractivity contribution in [2.75, 3.05) is 13.1 Å². The first-order chi connectivity index (χ1) is 7.69. The van der Waals surface area contributed by atoms with Crippen molar-refractivity contribution in [1.82, 2.24) is 10.2 Å². The molecule has 0 aromatic rings. The highest BCUT2D eigenvalue weighted by atomic mass is 16.1. The standard InChI is InChI=1S/C13H24N2O/c1-3-11-7-12(14-10(2)16)9-15(8-11)13-5-4-6-13/h11-13H,3-9H2,1-2H3,(H,14,16). The summed E-state index contributed by atoms with van der Waals surface area (Å²) in [6.45, 7) is 6.21. The van der Waals surface area contributed by atoms with Gasteiger partial charge in [0.25, 0.3) is 0 Å². The normalized spacial score (nSPS) is 32.1. The van der Waals surface area contributed by atoms with Crippen LogP contribution in [-0.2, 0) is 4.79 Å². The van der Waals surface area contributed by atoms with E-state index in [0.717, 1.165) is 18.5 Å². The van der Waals surface area contributed by atoms with Crippen LogP contribution >= 0.6 is 0 Å². The number of carbonyl (C=O) groups is 1. The Morgan fingerprint density at radius 1 is 1.38 bits per heavy atom. The van der Waals surface area contributed by atoms with Crippen LogP contribution in [0.5, 0.6) is 0 Å². The summed E-state index contributed by atoms with van der Waals surface area (Å²) in [7, 11) is 0. The van der Waals surface area contributed by atoms with Gasteiger partial charge in [0, 0.05) is 32.1 Å². The molecular weight excluding hydrogens is 200 g/mol. The van der Waals surface area contributed by atoms with Crippen molar-refractivity contribution < 1.29 is 4.79 Å². The first-order valence-corrected chi connectivity index (χ1v) is 6.70. The van der Waals surface area contributed by atoms with Crippen molar-refractivity contribution in [3.05, 3.63) is 0 Å². The minimum atomic E-state index is 0.121. The summed E-state index contributed by atoms with van der Waals surface area (Å²) in [5, 5.41) is 3.10. The number of hydrogen-bond acceptors (Lipinski definition) is 2. The fourth-order valence-corrected chi connectivity index (χ4v) is 2.98. The molecule has 1 saturated carbocycles. The van der Waals surface area contributed by atoms with Crippen molar-refractivity contribution >= 4 is 5.91 Å². The van der Waals surface area contributed by atoms with Crippen LogP contribution in [0.1, 0.15) is 46.0 Å². The van der Waals surface area contributed by atoms with Gasteiger partial charge in [-0.3, -0.25) is 9.69 Å². The van der Waals surface area contributed by atoms with Crippen LogP contribution in [0.4, 0.5) is 0 Å². The molecule has 2 rings (SSSR count). The zero-order valence-electron chi connectivity index (χ0n) is 10.5. The van der Waals surface area contributed by atoms with Crippen LogP contribution in [0.3, 0.4) is 0 Å². The van der Waals surface area contributed by atoms with Gasteiger partial charge >= 0.3 is 0 Å². The quantitative estimate of drug-likeness (QED) is 0.792. The van der Waals surface area contributed by atoms with E-state index in [2.05, 4.69) is 17.1 Å². The van der Waals surface area contributed by atoms with Crippen molar-refractivity contribution in [2.45, 2.75) is 58.0 Å². The SMILES string of the molecule is CCC1CC(NC(C)=O)CN(C2CCC2)C1. The minimum Gasteiger partial charge on any atom is -0.352 e. The highest BCUT2D eigenvalue weighted by molar-refractivity contribution is 5.73. The average molecular weight is 224 g/mol. The molecule has 1 aliphatic carbocycles. The summed E-state index contributed by atoms with van der Waals surface area (Å²) in [4.78, 5) is 13.8. The van der Waals surface area contributed by atoms with E-state index in [1.54, 1.807) is 6.92 Å². The second-order valence-corrected chi connectivity index (χ2v) is 5.45. The summed E-state index contributed by atoms with van der Waals surface area (Å²) in [6.07, 6.45) is 6.52. The Kier molecular flexibility index (Phi) is 3.85. The predicted molar refractivity (Wildman–Crippen MR) is 65.2 cm³/mol. The van der Waals surface area contributed by atoms with Gasteiger partial charge in [-0.15, -0.1) is 0 Å². The van der Waals surface area contributed by atoms with Gasteiger partial charge in [0.05, 0.1) is 0 Å². The summed E-state index contributed by atoms with van der Waals surface area (Å²) in [5.41, 5.74) is 0. The highest BCUT2D eigenvalue weighted by Crippen LogP contribution is 2.30. The molecule has 1 heterocycles. The molecule has 0 aromatic carbocycles. The number of hydrogen-bond donors (Lipinski definition) is 1. The van der Waals surface area contributed by atoms with Gasteiger partial charge in [-0.05, 0) is 25.2 Å². The minimum absolute atomic E-state index is 0.121. The summed E-state index contributed by atoms with van der Waals surface area (Å²) < 4.78 is 0. The molecule has 2 fully saturated rings. The largest absolute Gasteiger partial charge is 0.352 e. The van der Waals surface area contributed by atoms with Gasteiger partial charge in [-0.1, -0.05) is 19.8 Å². The van der Waals surface area contributed by atoms with E-state index in [1.165, 1.54) is 38.6 Å². The molecule has 2 aliphatic rings. The van der Waals surface area contributed by atoms with Gasteiger partial charge in [0.2, 0.25) is 5.91 Å². The van der Waals surface area contributed by atoms with Gasteiger partial charge in [0.15, 0.2) is 0 Å². The van der Waals surface area contributed by atoms with E-state index in [4.69, 9.17) is 0 Å². The predicted octanol–water partition coefficient (Wildman–Crippen LogP) is 1.78. The fourth-order valence-electron chi connectivity index (χ4n) is 2.98. The molecule has 3 heteroatoms. The lowest BCUT2D eigenvalue weighted by molar-refractivity contribution is -0.120. The summed E-state index contributed by atoms with van der Waals surface area (Å²) in [5.74, 6) is 0.890. The molecule has 0 aromatic heterocycles. The number of amides is 1. The second kappa shape index (κ2) is 5.17. The maximum Gasteiger partial charge on any atom is 0.217 e. The van der Waals surface area contributed by atoms with E-state index in [0.29, 0.717) is 6.04 Å². The zero-order valence-corrected chi connectivity index (χ0v) is 10.5. The lowest BCUT2D eigenvalue weighted by atomic mass is 9.85. The third-order valence-electron chi connectivity index (χ3n) is 4.14. The van der Waals surface area contributed by atoms with E-state index in [-0.39, 0.29) is 5.91 Å². The first-order valence-electron chi connectivity index (χ1n) is 6.70. The number of rotatable bonds is 3. The molecular formula is C13H24N2O. The molecule has 2 unspecified atom stereocenters. The Labute approximate surface area is 98.6 Å². The maximum atomic E-state index is 11.1. The van der Waals surface area contributed by atoms with E-state index >= 15 is 0 Å². The molecule has 0 spiro atoms. The van der Waals surface area contributed by atoms with Gasteiger partial charge < -0.3 is 5.32 Å². The third kappa shape index (κ3) is 2.76. The molecule has 1 saturated heterocycles. The summed E-state index contributed by atoms with van der Waals surface area (Å²) in [6, 6.07) is 1.20. The summed E-state index contributed by atoms with van der Waals surface area (Å²) >= 11 is 0. The smallest absolute Gasteiger partial charge is 0.217 e. The molecule has 0 radical (unpaired) electrons. The number of carbonyl (C=O) groups excluding carboxylic acids is 1. The fraction of sp³-hybridized carbons (Fsp3) is 0.923. The molecule has 1 aliphatic heterocycles. The van der Waals surface area contributed by atoms with Crippen molar-refractivity contribution in [2.24, 2.45) is 5.92 Å². The van der Waals surface area contributed by atoms with Gasteiger partial charge in [0.1, 0.15) is 0 Å². The van der Waals surface area contributed by atoms with Crippen LogP contribution in [0.15, 0.2) is 0 Å². The second-order valence-electron chi connectivity index (χ2n) is 5.45. The molecule has 92 valence electrons. The Morgan fingerprint density at radius 3 is 2.62 bits per heavy atom. The first kappa shape index (κ1) is 11.9. The maximum absolute atomic E-state index is 11.1. The zero-order chi connectivity index (χ0) is 11.5. The monoisotopic (exact) mass is 224 g/mol. The molecule has 2 atom stereocenters. The van der Waals surface area contributed by atoms with Crippen LogP contribution in [0, 0.1) is 5.92 Å². The van der Waals surface area contributed by atoms with Gasteiger partial charge in [-0.2, -0.15) is 0 Å². The third-order valence-corrected chi connectivity index (χ3v) is 4.14. The van der Waals surface area contributed by atoms with Gasteiger partial charge in [-0.25, -0.2) is 0 Å². The van der Waals surface area contributed by atoms with Crippen LogP contribution in [-0.4, -0.2) is 36.0 Å². The average Bonchev–Trinajstić information content (AvgIpc) is 2.13. The molecule has 3 nitrogen and oxygen atoms in total. The number of likely N-dealkylation sites (tertiary alicyclic amines) is 1. The van der Waals surface area contributed by atoms with Crippen molar-refractivity contribution in [3.8, 4) is 0 Å². The number of nitrogens with one attached hydrogen (secondary N) is 1. The van der Waals surface area contributed by atoms with Crippen LogP contribution < -0.4 is 5.32 Å². The lowest BCUT2D eigenvalue weighted by Gasteiger charge is -2.45. The molecule has 1 N–H and O–H groups in total. The topological polar surface area (TPSA) is 32.3 Å². The number of piperidine rings is 1. The molecule has 16 heavy (non-hydrogen) atoms. The lowest BCUT2D eigenvalue weighted by Crippen LogP contribution is -2.54. The Hall–Kier alpha value is -0.570. The highest BCUT2D eigenvalue weighted by Gasteiger charge is 2.33. The van der Waals surface area contributed by atoms with Crippen LogP contribution in [0.2, 0.25) is 0 Å². The van der Waals surface area contributed by atoms with E-state index in [9.17, 15) is 4.79 Å². The van der Waals surface area contributed by atoms with E-state index < -0.39 is 0 Å². The molecule has 0 bridgehead atoms. The Balaban J connectivity index is 1.91. The van der Waals surface area contributed by atoms with Crippen molar-refractivity contribution in [3.63, 3.8) is 0 Å². The van der Waals surface area contributed by atoms with Crippen molar-refractivity contribution in [1.29, 1.82) is 0 Å². The number of nitrogens with zero attached hydrogens (tertiary/aromatic N) is 1. The Morgan fingerprint density at radius 2 is 2.12 bits per heavy atom. The van der Waals surface area contributed by atoms with E-state index in [1.807, 2.05) is 0 Å².